The average Bonchev–Trinajstić information content (AvgIpc) is 2.73. The van der Waals surface area contributed by atoms with Crippen LogP contribution >= 0.6 is 0 Å². The van der Waals surface area contributed by atoms with Crippen LogP contribution < -0.4 is 5.46 Å². The lowest BCUT2D eigenvalue weighted by Gasteiger charge is -2.39. The third kappa shape index (κ3) is 1.53. The third-order valence-electron chi connectivity index (χ3n) is 3.89. The summed E-state index contributed by atoms with van der Waals surface area (Å²) in [5.41, 5.74) is 0.203. The van der Waals surface area contributed by atoms with E-state index in [9.17, 15) is 19.7 Å². The Morgan fingerprint density at radius 2 is 1.85 bits per heavy atom. The van der Waals surface area contributed by atoms with E-state index in [0.29, 0.717) is 5.46 Å². The first-order valence-corrected chi connectivity index (χ1v) is 6.03. The van der Waals surface area contributed by atoms with Gasteiger partial charge in [-0.1, -0.05) is 12.1 Å². The standard InChI is InChI=1S/C11H11BN2O6/c1-14-6-10(15)19-12(14,20-11(16)7-14)8-3-2-4-9(5-8)13(17)18/h2-5H,6-7H2,1H3. The van der Waals surface area contributed by atoms with Gasteiger partial charge in [0.05, 0.1) is 4.92 Å². The van der Waals surface area contributed by atoms with E-state index in [-0.39, 0.29) is 23.2 Å². The molecule has 8 nitrogen and oxygen atoms in total. The number of hydrogen-bond donors (Lipinski definition) is 0. The van der Waals surface area contributed by atoms with Crippen LogP contribution in [0, 0.1) is 10.1 Å². The second-order valence-electron chi connectivity index (χ2n) is 5.30. The fourth-order valence-electron chi connectivity index (χ4n) is 2.96. The molecule has 0 spiro atoms. The summed E-state index contributed by atoms with van der Waals surface area (Å²) in [5, 5.41) is 10.9. The monoisotopic (exact) mass is 278 g/mol. The molecule has 0 radical (unpaired) electrons. The molecule has 0 N–H and O–H groups in total. The molecule has 2 aliphatic heterocycles. The molecule has 0 amide bonds. The topological polar surface area (TPSA) is 95.7 Å². The lowest BCUT2D eigenvalue weighted by molar-refractivity contribution is -0.791. The molecule has 9 heteroatoms. The maximum Gasteiger partial charge on any atom is 0.614 e. The van der Waals surface area contributed by atoms with Gasteiger partial charge in [-0.3, -0.25) is 19.7 Å². The Kier molecular flexibility index (Phi) is 2.39. The van der Waals surface area contributed by atoms with E-state index >= 15 is 0 Å². The van der Waals surface area contributed by atoms with Crippen molar-refractivity contribution in [2.75, 3.05) is 20.1 Å². The number of rotatable bonds is 2. The van der Waals surface area contributed by atoms with Crippen LogP contribution in [0.1, 0.15) is 0 Å². The van der Waals surface area contributed by atoms with Gasteiger partial charge in [0, 0.05) is 13.1 Å². The van der Waals surface area contributed by atoms with Crippen LogP contribution in [0.3, 0.4) is 0 Å². The Morgan fingerprint density at radius 1 is 1.25 bits per heavy atom. The zero-order valence-electron chi connectivity index (χ0n) is 10.6. The first kappa shape index (κ1) is 12.6. The largest absolute Gasteiger partial charge is 0.614 e. The third-order valence-corrected chi connectivity index (χ3v) is 3.89. The number of non-ortho nitro benzene ring substituents is 1. The predicted octanol–water partition coefficient (Wildman–Crippen LogP) is -0.699. The molecule has 2 saturated heterocycles. The van der Waals surface area contributed by atoms with Crippen LogP contribution in [-0.2, 0) is 18.9 Å². The maximum absolute atomic E-state index is 11.6. The smallest absolute Gasteiger partial charge is 0.596 e. The minimum atomic E-state index is -2.40. The molecule has 0 saturated carbocycles. The van der Waals surface area contributed by atoms with E-state index in [4.69, 9.17) is 9.31 Å². The highest BCUT2D eigenvalue weighted by molar-refractivity contribution is 6.79. The predicted molar refractivity (Wildman–Crippen MR) is 66.6 cm³/mol. The van der Waals surface area contributed by atoms with Gasteiger partial charge in [-0.05, 0) is 11.5 Å². The molecule has 2 aliphatic rings. The second kappa shape index (κ2) is 3.79. The van der Waals surface area contributed by atoms with Crippen LogP contribution in [0.4, 0.5) is 5.69 Å². The van der Waals surface area contributed by atoms with E-state index in [1.807, 2.05) is 0 Å². The Morgan fingerprint density at radius 3 is 2.40 bits per heavy atom. The molecule has 0 atom stereocenters. The molecular weight excluding hydrogens is 267 g/mol. The van der Waals surface area contributed by atoms with Gasteiger partial charge in [0.2, 0.25) is 0 Å². The highest BCUT2D eigenvalue weighted by atomic mass is 16.7. The second-order valence-corrected chi connectivity index (χ2v) is 5.30. The summed E-state index contributed by atoms with van der Waals surface area (Å²) in [5.74, 6) is -0.960. The van der Waals surface area contributed by atoms with E-state index in [1.165, 1.54) is 18.2 Å². The summed E-state index contributed by atoms with van der Waals surface area (Å²) < 4.78 is 10.6. The lowest BCUT2D eigenvalue weighted by Crippen LogP contribution is -2.67. The van der Waals surface area contributed by atoms with Crippen molar-refractivity contribution in [1.82, 2.24) is 0 Å². The fourth-order valence-corrected chi connectivity index (χ4v) is 2.96. The Bertz CT molecular complexity index is 626. The summed E-state index contributed by atoms with van der Waals surface area (Å²) in [7, 11) is 1.68. The zero-order valence-corrected chi connectivity index (χ0v) is 10.6. The van der Waals surface area contributed by atoms with E-state index < -0.39 is 23.5 Å². The fraction of sp³-hybridized carbons (Fsp3) is 0.273. The van der Waals surface area contributed by atoms with Crippen LogP contribution in [0.2, 0.25) is 0 Å². The molecule has 104 valence electrons. The minimum Gasteiger partial charge on any atom is -0.596 e. The number of nitro groups is 1. The molecular formula is C11H11BN2O6. The first-order chi connectivity index (χ1) is 9.36. The van der Waals surface area contributed by atoms with Gasteiger partial charge in [-0.15, -0.1) is 0 Å². The van der Waals surface area contributed by atoms with Crippen molar-refractivity contribution in [2.45, 2.75) is 0 Å². The molecule has 1 aromatic rings. The highest BCUT2D eigenvalue weighted by Gasteiger charge is 2.66. The number of carbonyl (C=O) groups excluding carboxylic acids is 2. The van der Waals surface area contributed by atoms with Crippen molar-refractivity contribution in [3.63, 3.8) is 0 Å². The van der Waals surface area contributed by atoms with Crippen molar-refractivity contribution in [3.8, 4) is 0 Å². The van der Waals surface area contributed by atoms with Gasteiger partial charge in [-0.2, -0.15) is 0 Å². The summed E-state index contributed by atoms with van der Waals surface area (Å²) >= 11 is 0. The van der Waals surface area contributed by atoms with Crippen molar-refractivity contribution >= 4 is 29.8 Å². The quantitative estimate of drug-likeness (QED) is 0.403. The van der Waals surface area contributed by atoms with Gasteiger partial charge in [0.15, 0.2) is 0 Å². The van der Waals surface area contributed by atoms with E-state index in [1.54, 1.807) is 13.1 Å². The highest BCUT2D eigenvalue weighted by Crippen LogP contribution is 2.33. The van der Waals surface area contributed by atoms with Crippen molar-refractivity contribution in [2.24, 2.45) is 0 Å². The number of likely N-dealkylation sites (N-methyl/N-ethyl adjacent to an activating group) is 1. The number of fused-ring (bicyclic) bond motifs is 1. The van der Waals surface area contributed by atoms with E-state index in [0.717, 1.165) is 0 Å². The van der Waals surface area contributed by atoms with E-state index in [2.05, 4.69) is 0 Å². The zero-order chi connectivity index (χ0) is 14.5. The Hall–Kier alpha value is -2.42. The maximum atomic E-state index is 11.6. The molecule has 20 heavy (non-hydrogen) atoms. The minimum absolute atomic E-state index is 0.00836. The number of hydrogen-bond acceptors (Lipinski definition) is 6. The summed E-state index contributed by atoms with van der Waals surface area (Å²) in [4.78, 5) is 33.5. The SMILES string of the molecule is C[N+]12CC(=O)O[B-]1(c1cccc([N+](=O)[O-])c1)OC(=O)C2. The molecule has 0 unspecified atom stereocenters. The van der Waals surface area contributed by atoms with Gasteiger partial charge in [-0.25, -0.2) is 0 Å². The number of nitrogens with zero attached hydrogens (tertiary/aromatic N) is 2. The van der Waals surface area contributed by atoms with Crippen molar-refractivity contribution < 1.29 is 28.2 Å². The summed E-state index contributed by atoms with van der Waals surface area (Å²) in [6.07, 6.45) is 0. The van der Waals surface area contributed by atoms with Crippen molar-refractivity contribution in [1.29, 1.82) is 0 Å². The number of carbonyl (C=O) groups is 2. The molecule has 0 bridgehead atoms. The van der Waals surface area contributed by atoms with Crippen molar-refractivity contribution in [3.05, 3.63) is 34.4 Å². The average molecular weight is 278 g/mol. The molecule has 3 rings (SSSR count). The summed E-state index contributed by atoms with van der Waals surface area (Å²) in [6, 6.07) is 5.66. The van der Waals surface area contributed by atoms with Crippen LogP contribution in [-0.4, -0.2) is 48.1 Å². The molecule has 1 aromatic carbocycles. The number of nitro benzene ring substituents is 1. The number of benzene rings is 1. The first-order valence-electron chi connectivity index (χ1n) is 6.03. The van der Waals surface area contributed by atoms with Crippen LogP contribution in [0.15, 0.2) is 24.3 Å². The van der Waals surface area contributed by atoms with Crippen LogP contribution in [0.5, 0.6) is 0 Å². The summed E-state index contributed by atoms with van der Waals surface area (Å²) in [6.45, 7) is -2.39. The molecule has 0 aromatic heterocycles. The molecule has 2 fully saturated rings. The molecule has 0 aliphatic carbocycles. The van der Waals surface area contributed by atoms with Gasteiger partial charge < -0.3 is 13.7 Å². The van der Waals surface area contributed by atoms with Gasteiger partial charge in [0.25, 0.3) is 5.69 Å². The Balaban J connectivity index is 2.15. The van der Waals surface area contributed by atoms with Crippen LogP contribution in [0.25, 0.3) is 0 Å². The normalized spacial score (nSPS) is 31.6. The number of quaternary nitrogens is 1. The lowest BCUT2D eigenvalue weighted by atomic mass is 9.61. The van der Waals surface area contributed by atoms with Gasteiger partial charge in [0.1, 0.15) is 13.1 Å². The molecule has 2 heterocycles. The Labute approximate surface area is 113 Å². The van der Waals surface area contributed by atoms with Gasteiger partial charge >= 0.3 is 18.6 Å².